The first kappa shape index (κ1) is 10.3. The molecule has 0 aromatic heterocycles. The van der Waals surface area contributed by atoms with Crippen LogP contribution in [-0.4, -0.2) is 13.1 Å². The molecule has 74 valence electrons. The minimum Gasteiger partial charge on any atom is -0.466 e. The molecule has 0 unspecified atom stereocenters. The van der Waals surface area contributed by atoms with E-state index in [0.29, 0.717) is 0 Å². The molecule has 0 N–H and O–H groups in total. The van der Waals surface area contributed by atoms with Crippen LogP contribution in [0.1, 0.15) is 44.9 Å². The number of allylic oxidation sites excluding steroid dienone is 1. The molecule has 0 heterocycles. The van der Waals surface area contributed by atoms with Crippen molar-refractivity contribution >= 4 is 5.97 Å². The first-order valence-corrected chi connectivity index (χ1v) is 5.10. The van der Waals surface area contributed by atoms with Gasteiger partial charge in [-0.1, -0.05) is 24.8 Å². The summed E-state index contributed by atoms with van der Waals surface area (Å²) >= 11 is 0. The summed E-state index contributed by atoms with van der Waals surface area (Å²) < 4.78 is 4.61. The lowest BCUT2D eigenvalue weighted by molar-refractivity contribution is -0.134. The summed E-state index contributed by atoms with van der Waals surface area (Å²) in [5, 5.41) is 0. The van der Waals surface area contributed by atoms with Crippen molar-refractivity contribution < 1.29 is 9.53 Å². The summed E-state index contributed by atoms with van der Waals surface area (Å²) in [7, 11) is 1.43. The molecule has 1 fully saturated rings. The van der Waals surface area contributed by atoms with Gasteiger partial charge < -0.3 is 4.74 Å². The third kappa shape index (κ3) is 4.11. The molecule has 0 aliphatic heterocycles. The van der Waals surface area contributed by atoms with E-state index in [4.69, 9.17) is 0 Å². The Morgan fingerprint density at radius 3 is 2.23 bits per heavy atom. The standard InChI is InChI=1S/C11H18O2/c1-13-11(12)9-10-7-5-3-2-4-6-8-10/h9H,2-8H2,1H3. The second-order valence-corrected chi connectivity index (χ2v) is 3.59. The Hall–Kier alpha value is -0.790. The molecule has 0 radical (unpaired) electrons. The third-order valence-electron chi connectivity index (χ3n) is 2.52. The van der Waals surface area contributed by atoms with Gasteiger partial charge in [0.2, 0.25) is 0 Å². The predicted octanol–water partition coefficient (Wildman–Crippen LogP) is 2.83. The van der Waals surface area contributed by atoms with Crippen LogP contribution < -0.4 is 0 Å². The fraction of sp³-hybridized carbons (Fsp3) is 0.727. The van der Waals surface area contributed by atoms with Crippen molar-refractivity contribution in [2.75, 3.05) is 7.11 Å². The average molecular weight is 182 g/mol. The Kier molecular flexibility index (Phi) is 4.58. The summed E-state index contributed by atoms with van der Waals surface area (Å²) in [6.45, 7) is 0. The zero-order chi connectivity index (χ0) is 9.52. The first-order chi connectivity index (χ1) is 6.33. The van der Waals surface area contributed by atoms with E-state index in [1.807, 2.05) is 0 Å². The highest BCUT2D eigenvalue weighted by Gasteiger charge is 2.05. The molecule has 0 bridgehead atoms. The molecule has 2 nitrogen and oxygen atoms in total. The van der Waals surface area contributed by atoms with Crippen LogP contribution in [0.4, 0.5) is 0 Å². The maximum Gasteiger partial charge on any atom is 0.330 e. The molecule has 1 rings (SSSR count). The van der Waals surface area contributed by atoms with Crippen molar-refractivity contribution in [2.24, 2.45) is 0 Å². The van der Waals surface area contributed by atoms with Gasteiger partial charge in [-0.25, -0.2) is 4.79 Å². The molecule has 2 heteroatoms. The number of hydrogen-bond donors (Lipinski definition) is 0. The van der Waals surface area contributed by atoms with Gasteiger partial charge in [-0.15, -0.1) is 0 Å². The number of ether oxygens (including phenoxy) is 1. The number of esters is 1. The van der Waals surface area contributed by atoms with E-state index in [1.165, 1.54) is 44.8 Å². The SMILES string of the molecule is COC(=O)C=C1CCCCCCC1. The van der Waals surface area contributed by atoms with Crippen molar-refractivity contribution in [1.29, 1.82) is 0 Å². The summed E-state index contributed by atoms with van der Waals surface area (Å²) in [6, 6.07) is 0. The number of carbonyl (C=O) groups is 1. The van der Waals surface area contributed by atoms with Gasteiger partial charge in [0.25, 0.3) is 0 Å². The van der Waals surface area contributed by atoms with E-state index in [1.54, 1.807) is 6.08 Å². The van der Waals surface area contributed by atoms with Crippen LogP contribution in [0.3, 0.4) is 0 Å². The van der Waals surface area contributed by atoms with Gasteiger partial charge in [-0.2, -0.15) is 0 Å². The van der Waals surface area contributed by atoms with Crippen LogP contribution in [0, 0.1) is 0 Å². The van der Waals surface area contributed by atoms with Gasteiger partial charge in [0, 0.05) is 6.08 Å². The second kappa shape index (κ2) is 5.79. The van der Waals surface area contributed by atoms with E-state index in [-0.39, 0.29) is 5.97 Å². The summed E-state index contributed by atoms with van der Waals surface area (Å²) in [6.07, 6.45) is 10.2. The molecule has 1 aliphatic carbocycles. The summed E-state index contributed by atoms with van der Waals surface area (Å²) in [5.74, 6) is -0.199. The lowest BCUT2D eigenvalue weighted by Crippen LogP contribution is -1.99. The number of methoxy groups -OCH3 is 1. The van der Waals surface area contributed by atoms with Crippen LogP contribution >= 0.6 is 0 Å². The number of rotatable bonds is 1. The topological polar surface area (TPSA) is 26.3 Å². The molecule has 0 atom stereocenters. The Bertz CT molecular complexity index is 184. The van der Waals surface area contributed by atoms with Crippen molar-refractivity contribution in [3.05, 3.63) is 11.6 Å². The van der Waals surface area contributed by atoms with Crippen LogP contribution in [0.25, 0.3) is 0 Å². The second-order valence-electron chi connectivity index (χ2n) is 3.59. The minimum absolute atomic E-state index is 0.199. The largest absolute Gasteiger partial charge is 0.466 e. The molecule has 0 aromatic carbocycles. The quantitative estimate of drug-likeness (QED) is 0.460. The molecular weight excluding hydrogens is 164 g/mol. The van der Waals surface area contributed by atoms with Gasteiger partial charge in [0.15, 0.2) is 0 Å². The van der Waals surface area contributed by atoms with Crippen LogP contribution in [0.2, 0.25) is 0 Å². The minimum atomic E-state index is -0.199. The molecular formula is C11H18O2. The van der Waals surface area contributed by atoms with E-state index in [9.17, 15) is 4.79 Å². The highest BCUT2D eigenvalue weighted by molar-refractivity contribution is 5.82. The fourth-order valence-corrected chi connectivity index (χ4v) is 1.73. The maximum atomic E-state index is 11.0. The normalized spacial score (nSPS) is 18.7. The molecule has 0 spiro atoms. The van der Waals surface area contributed by atoms with Gasteiger partial charge in [-0.05, 0) is 25.7 Å². The average Bonchev–Trinajstić information content (AvgIpc) is 2.09. The number of carbonyl (C=O) groups excluding carboxylic acids is 1. The molecule has 13 heavy (non-hydrogen) atoms. The molecule has 1 saturated carbocycles. The Morgan fingerprint density at radius 2 is 1.69 bits per heavy atom. The maximum absolute atomic E-state index is 11.0. The lowest BCUT2D eigenvalue weighted by atomic mass is 9.96. The molecule has 0 saturated heterocycles. The highest BCUT2D eigenvalue weighted by atomic mass is 16.5. The summed E-state index contributed by atoms with van der Waals surface area (Å²) in [4.78, 5) is 11.0. The third-order valence-corrected chi connectivity index (χ3v) is 2.52. The van der Waals surface area contributed by atoms with Crippen molar-refractivity contribution in [2.45, 2.75) is 44.9 Å². The van der Waals surface area contributed by atoms with E-state index >= 15 is 0 Å². The predicted molar refractivity (Wildman–Crippen MR) is 52.4 cm³/mol. The Labute approximate surface area is 80.0 Å². The van der Waals surface area contributed by atoms with E-state index in [2.05, 4.69) is 4.74 Å². The Morgan fingerprint density at radius 1 is 1.15 bits per heavy atom. The van der Waals surface area contributed by atoms with Gasteiger partial charge in [0.1, 0.15) is 0 Å². The van der Waals surface area contributed by atoms with Crippen LogP contribution in [0.15, 0.2) is 11.6 Å². The number of hydrogen-bond acceptors (Lipinski definition) is 2. The van der Waals surface area contributed by atoms with Crippen LogP contribution in [0.5, 0.6) is 0 Å². The molecule has 0 aromatic rings. The molecule has 1 aliphatic rings. The van der Waals surface area contributed by atoms with Gasteiger partial charge in [0.05, 0.1) is 7.11 Å². The summed E-state index contributed by atoms with van der Waals surface area (Å²) in [5.41, 5.74) is 1.27. The van der Waals surface area contributed by atoms with E-state index in [0.717, 1.165) is 12.8 Å². The van der Waals surface area contributed by atoms with Crippen molar-refractivity contribution in [3.8, 4) is 0 Å². The van der Waals surface area contributed by atoms with E-state index < -0.39 is 0 Å². The smallest absolute Gasteiger partial charge is 0.330 e. The van der Waals surface area contributed by atoms with Crippen molar-refractivity contribution in [1.82, 2.24) is 0 Å². The first-order valence-electron chi connectivity index (χ1n) is 5.10. The fourth-order valence-electron chi connectivity index (χ4n) is 1.73. The molecule has 0 amide bonds. The zero-order valence-electron chi connectivity index (χ0n) is 8.34. The van der Waals surface area contributed by atoms with Gasteiger partial charge in [-0.3, -0.25) is 0 Å². The Balaban J connectivity index is 2.45. The lowest BCUT2D eigenvalue weighted by Gasteiger charge is -2.11. The monoisotopic (exact) mass is 182 g/mol. The van der Waals surface area contributed by atoms with Gasteiger partial charge >= 0.3 is 5.97 Å². The van der Waals surface area contributed by atoms with Crippen LogP contribution in [-0.2, 0) is 9.53 Å². The van der Waals surface area contributed by atoms with Crippen molar-refractivity contribution in [3.63, 3.8) is 0 Å². The zero-order valence-corrected chi connectivity index (χ0v) is 8.34. The highest BCUT2D eigenvalue weighted by Crippen LogP contribution is 2.21.